The maximum atomic E-state index is 5.37. The van der Waals surface area contributed by atoms with Crippen LogP contribution in [0, 0.1) is 5.92 Å². The molecule has 1 aliphatic carbocycles. The minimum Gasteiger partial charge on any atom is -0.381 e. The molecule has 0 aromatic carbocycles. The molecule has 1 fully saturated rings. The van der Waals surface area contributed by atoms with Crippen molar-refractivity contribution in [2.24, 2.45) is 5.92 Å². The monoisotopic (exact) mass is 138 g/mol. The number of nitrogen functional groups attached to an aromatic ring is 1. The molecule has 1 heterocycles. The molecule has 3 nitrogen and oxygen atoms in total. The molecule has 1 aromatic heterocycles. The van der Waals surface area contributed by atoms with E-state index in [2.05, 4.69) is 5.16 Å². The van der Waals surface area contributed by atoms with Gasteiger partial charge in [0.25, 0.3) is 0 Å². The molecule has 2 N–H and O–H groups in total. The van der Waals surface area contributed by atoms with Gasteiger partial charge >= 0.3 is 0 Å². The van der Waals surface area contributed by atoms with Crippen molar-refractivity contribution in [3.8, 4) is 0 Å². The van der Waals surface area contributed by atoms with Gasteiger partial charge in [-0.05, 0) is 18.8 Å². The van der Waals surface area contributed by atoms with E-state index in [1.54, 1.807) is 6.07 Å². The molecule has 0 atom stereocenters. The third kappa shape index (κ3) is 1.12. The number of aromatic nitrogens is 1. The van der Waals surface area contributed by atoms with Crippen LogP contribution >= 0.6 is 0 Å². The number of nitrogens with two attached hydrogens (primary N) is 1. The van der Waals surface area contributed by atoms with Crippen LogP contribution in [0.5, 0.6) is 0 Å². The SMILES string of the molecule is Nc1cc(CC2CC2)on1. The Labute approximate surface area is 59.2 Å². The zero-order valence-electron chi connectivity index (χ0n) is 5.71. The molecule has 0 amide bonds. The van der Waals surface area contributed by atoms with Crippen LogP contribution in [0.3, 0.4) is 0 Å². The quantitative estimate of drug-likeness (QED) is 0.668. The first-order valence-electron chi connectivity index (χ1n) is 3.55. The van der Waals surface area contributed by atoms with E-state index in [-0.39, 0.29) is 0 Å². The Kier molecular flexibility index (Phi) is 1.16. The topological polar surface area (TPSA) is 52.0 Å². The molecule has 54 valence electrons. The summed E-state index contributed by atoms with van der Waals surface area (Å²) >= 11 is 0. The van der Waals surface area contributed by atoms with Crippen LogP contribution in [-0.4, -0.2) is 5.16 Å². The Morgan fingerprint density at radius 1 is 1.70 bits per heavy atom. The average Bonchev–Trinajstić information content (AvgIpc) is 2.59. The predicted molar refractivity (Wildman–Crippen MR) is 37.3 cm³/mol. The van der Waals surface area contributed by atoms with Gasteiger partial charge in [0.1, 0.15) is 5.76 Å². The fraction of sp³-hybridized carbons (Fsp3) is 0.571. The van der Waals surface area contributed by atoms with Gasteiger partial charge in [0.2, 0.25) is 0 Å². The largest absolute Gasteiger partial charge is 0.381 e. The summed E-state index contributed by atoms with van der Waals surface area (Å²) in [4.78, 5) is 0. The molecule has 0 spiro atoms. The van der Waals surface area contributed by atoms with E-state index in [0.29, 0.717) is 5.82 Å². The van der Waals surface area contributed by atoms with Crippen LogP contribution in [0.15, 0.2) is 10.6 Å². The number of anilines is 1. The van der Waals surface area contributed by atoms with Crippen LogP contribution in [0.1, 0.15) is 18.6 Å². The van der Waals surface area contributed by atoms with E-state index in [4.69, 9.17) is 10.3 Å². The number of hydrogen-bond acceptors (Lipinski definition) is 3. The van der Waals surface area contributed by atoms with Gasteiger partial charge < -0.3 is 10.3 Å². The van der Waals surface area contributed by atoms with Crippen LogP contribution in [0.4, 0.5) is 5.82 Å². The smallest absolute Gasteiger partial charge is 0.167 e. The Morgan fingerprint density at radius 3 is 3.00 bits per heavy atom. The number of hydrogen-bond donors (Lipinski definition) is 1. The summed E-state index contributed by atoms with van der Waals surface area (Å²) < 4.78 is 4.94. The standard InChI is InChI=1S/C7H10N2O/c8-7-4-6(10-9-7)3-5-1-2-5/h4-5H,1-3H2,(H2,8,9). The van der Waals surface area contributed by atoms with Crippen molar-refractivity contribution in [3.05, 3.63) is 11.8 Å². The Morgan fingerprint density at radius 2 is 2.50 bits per heavy atom. The zero-order valence-corrected chi connectivity index (χ0v) is 5.71. The van der Waals surface area contributed by atoms with Gasteiger partial charge in [0.05, 0.1) is 0 Å². The summed E-state index contributed by atoms with van der Waals surface area (Å²) in [6, 6.07) is 1.80. The second kappa shape index (κ2) is 2.01. The Balaban J connectivity index is 2.03. The predicted octanol–water partition coefficient (Wildman–Crippen LogP) is 1.21. The van der Waals surface area contributed by atoms with Gasteiger partial charge in [-0.3, -0.25) is 0 Å². The molecule has 1 aromatic rings. The van der Waals surface area contributed by atoms with Gasteiger partial charge in [0.15, 0.2) is 5.82 Å². The van der Waals surface area contributed by atoms with Gasteiger partial charge in [0, 0.05) is 12.5 Å². The number of rotatable bonds is 2. The average molecular weight is 138 g/mol. The lowest BCUT2D eigenvalue weighted by molar-refractivity contribution is 0.380. The molecule has 2 rings (SSSR count). The first-order valence-corrected chi connectivity index (χ1v) is 3.55. The maximum Gasteiger partial charge on any atom is 0.167 e. The highest BCUT2D eigenvalue weighted by molar-refractivity contribution is 5.26. The molecular formula is C7H10N2O. The van der Waals surface area contributed by atoms with Crippen LogP contribution in [-0.2, 0) is 6.42 Å². The van der Waals surface area contributed by atoms with Crippen molar-refractivity contribution in [3.63, 3.8) is 0 Å². The summed E-state index contributed by atoms with van der Waals surface area (Å²) in [5, 5.41) is 3.60. The summed E-state index contributed by atoms with van der Waals surface area (Å²) in [5.41, 5.74) is 5.37. The van der Waals surface area contributed by atoms with Crippen LogP contribution in [0.2, 0.25) is 0 Å². The zero-order chi connectivity index (χ0) is 6.97. The second-order valence-electron chi connectivity index (χ2n) is 2.87. The first kappa shape index (κ1) is 5.77. The van der Waals surface area contributed by atoms with Crippen molar-refractivity contribution in [1.29, 1.82) is 0 Å². The van der Waals surface area contributed by atoms with Gasteiger partial charge in [-0.1, -0.05) is 5.16 Å². The molecule has 1 saturated carbocycles. The van der Waals surface area contributed by atoms with Crippen molar-refractivity contribution in [2.75, 3.05) is 5.73 Å². The number of nitrogens with zero attached hydrogens (tertiary/aromatic N) is 1. The maximum absolute atomic E-state index is 5.37. The third-order valence-corrected chi connectivity index (χ3v) is 1.76. The minimum atomic E-state index is 0.496. The second-order valence-corrected chi connectivity index (χ2v) is 2.87. The fourth-order valence-electron chi connectivity index (χ4n) is 1.03. The van der Waals surface area contributed by atoms with Crippen molar-refractivity contribution >= 4 is 5.82 Å². The molecule has 0 radical (unpaired) electrons. The lowest BCUT2D eigenvalue weighted by atomic mass is 10.2. The van der Waals surface area contributed by atoms with E-state index in [9.17, 15) is 0 Å². The lowest BCUT2D eigenvalue weighted by Crippen LogP contribution is -1.82. The fourth-order valence-corrected chi connectivity index (χ4v) is 1.03. The Bertz CT molecular complexity index is 227. The van der Waals surface area contributed by atoms with E-state index in [1.165, 1.54) is 12.8 Å². The van der Waals surface area contributed by atoms with E-state index in [1.807, 2.05) is 0 Å². The normalized spacial score (nSPS) is 17.6. The highest BCUT2D eigenvalue weighted by Crippen LogP contribution is 2.32. The van der Waals surface area contributed by atoms with Crippen LogP contribution in [0.25, 0.3) is 0 Å². The highest BCUT2D eigenvalue weighted by atomic mass is 16.5. The van der Waals surface area contributed by atoms with Crippen LogP contribution < -0.4 is 5.73 Å². The third-order valence-electron chi connectivity index (χ3n) is 1.76. The summed E-state index contributed by atoms with van der Waals surface area (Å²) in [6.07, 6.45) is 3.69. The minimum absolute atomic E-state index is 0.496. The van der Waals surface area contributed by atoms with Crippen molar-refractivity contribution < 1.29 is 4.52 Å². The summed E-state index contributed by atoms with van der Waals surface area (Å²) in [6.45, 7) is 0. The van der Waals surface area contributed by atoms with Gasteiger partial charge in [-0.25, -0.2) is 0 Å². The first-order chi connectivity index (χ1) is 4.84. The molecule has 10 heavy (non-hydrogen) atoms. The van der Waals surface area contributed by atoms with E-state index in [0.717, 1.165) is 18.1 Å². The van der Waals surface area contributed by atoms with Crippen molar-refractivity contribution in [1.82, 2.24) is 5.16 Å². The summed E-state index contributed by atoms with van der Waals surface area (Å²) in [5.74, 6) is 2.27. The molecule has 0 bridgehead atoms. The Hall–Kier alpha value is -0.990. The van der Waals surface area contributed by atoms with E-state index < -0.39 is 0 Å². The molecule has 3 heteroatoms. The van der Waals surface area contributed by atoms with Crippen molar-refractivity contribution in [2.45, 2.75) is 19.3 Å². The van der Waals surface area contributed by atoms with Gasteiger partial charge in [-0.2, -0.15) is 0 Å². The molecular weight excluding hydrogens is 128 g/mol. The molecule has 1 aliphatic rings. The molecule has 0 aliphatic heterocycles. The summed E-state index contributed by atoms with van der Waals surface area (Å²) in [7, 11) is 0. The highest BCUT2D eigenvalue weighted by Gasteiger charge is 2.23. The van der Waals surface area contributed by atoms with Gasteiger partial charge in [-0.15, -0.1) is 0 Å². The molecule has 0 unspecified atom stereocenters. The molecule has 0 saturated heterocycles. The van der Waals surface area contributed by atoms with E-state index >= 15 is 0 Å². The lowest BCUT2D eigenvalue weighted by Gasteiger charge is -1.86.